The maximum Gasteiger partial charge on any atom is 0.289 e. The number of nitro groups is 1. The van der Waals surface area contributed by atoms with Crippen molar-refractivity contribution in [3.63, 3.8) is 0 Å². The van der Waals surface area contributed by atoms with Crippen LogP contribution in [0.1, 0.15) is 31.7 Å². The van der Waals surface area contributed by atoms with Crippen LogP contribution in [0.4, 0.5) is 10.1 Å². The molecule has 1 heterocycles. The molecular weight excluding hydrogens is 485 g/mol. The van der Waals surface area contributed by atoms with E-state index in [-0.39, 0.29) is 40.9 Å². The molecule has 184 valence electrons. The molecule has 9 nitrogen and oxygen atoms in total. The largest absolute Gasteiger partial charge is 0.289 e. The third-order valence-corrected chi connectivity index (χ3v) is 10.4. The van der Waals surface area contributed by atoms with Crippen molar-refractivity contribution in [2.45, 2.75) is 48.9 Å². The summed E-state index contributed by atoms with van der Waals surface area (Å²) in [6, 6.07) is 8.82. The highest BCUT2D eigenvalue weighted by Gasteiger charge is 2.58. The maximum atomic E-state index is 14.2. The summed E-state index contributed by atoms with van der Waals surface area (Å²) in [6.07, 6.45) is 1.40. The predicted molar refractivity (Wildman–Crippen MR) is 123 cm³/mol. The zero-order valence-corrected chi connectivity index (χ0v) is 20.5. The van der Waals surface area contributed by atoms with E-state index >= 15 is 0 Å². The molecule has 1 aliphatic carbocycles. The molecule has 0 radical (unpaired) electrons. The molecule has 0 aromatic heterocycles. The Labute approximate surface area is 198 Å². The number of halogens is 1. The summed E-state index contributed by atoms with van der Waals surface area (Å²) in [6.45, 7) is 4.08. The normalized spacial score (nSPS) is 18.6. The Bertz CT molecular complexity index is 1330. The van der Waals surface area contributed by atoms with Crippen molar-refractivity contribution in [2.24, 2.45) is 5.41 Å². The van der Waals surface area contributed by atoms with E-state index in [1.165, 1.54) is 45.0 Å². The number of benzene rings is 2. The predicted octanol–water partition coefficient (Wildman–Crippen LogP) is 3.30. The molecule has 2 aromatic rings. The Morgan fingerprint density at radius 1 is 1.12 bits per heavy atom. The van der Waals surface area contributed by atoms with Crippen LogP contribution in [0, 0.1) is 28.3 Å². The lowest BCUT2D eigenvalue weighted by Gasteiger charge is -2.59. The molecular formula is C22H26FN3O6S2. The van der Waals surface area contributed by atoms with E-state index in [0.717, 1.165) is 6.07 Å². The molecule has 0 bridgehead atoms. The van der Waals surface area contributed by atoms with Crippen molar-refractivity contribution in [3.8, 4) is 0 Å². The quantitative estimate of drug-likeness (QED) is 0.396. The first kappa shape index (κ1) is 24.7. The Balaban J connectivity index is 1.50. The highest BCUT2D eigenvalue weighted by molar-refractivity contribution is 7.89. The highest BCUT2D eigenvalue weighted by Crippen LogP contribution is 2.52. The van der Waals surface area contributed by atoms with Crippen LogP contribution in [0.3, 0.4) is 0 Å². The zero-order chi connectivity index (χ0) is 24.9. The number of nitrogens with zero attached hydrogens (tertiary/aromatic N) is 3. The monoisotopic (exact) mass is 511 g/mol. The van der Waals surface area contributed by atoms with E-state index in [4.69, 9.17) is 0 Å². The fourth-order valence-corrected chi connectivity index (χ4v) is 8.58. The molecule has 2 aliphatic rings. The number of para-hydroxylation sites is 1. The smallest absolute Gasteiger partial charge is 0.258 e. The molecule has 1 spiro atoms. The van der Waals surface area contributed by atoms with E-state index in [2.05, 4.69) is 0 Å². The summed E-state index contributed by atoms with van der Waals surface area (Å²) in [5.41, 5.74) is -0.213. The number of nitro benzene ring substituents is 1. The fraction of sp³-hybridized carbons (Fsp3) is 0.455. The minimum absolute atomic E-state index is 0.185. The van der Waals surface area contributed by atoms with Crippen molar-refractivity contribution in [2.75, 3.05) is 19.6 Å². The van der Waals surface area contributed by atoms with Crippen LogP contribution in [0.25, 0.3) is 0 Å². The first-order chi connectivity index (χ1) is 15.9. The van der Waals surface area contributed by atoms with Gasteiger partial charge in [-0.1, -0.05) is 25.1 Å². The molecule has 0 amide bonds. The lowest BCUT2D eigenvalue weighted by Crippen LogP contribution is -2.67. The zero-order valence-electron chi connectivity index (χ0n) is 18.8. The third-order valence-electron chi connectivity index (χ3n) is 6.57. The Morgan fingerprint density at radius 3 is 2.38 bits per heavy atom. The van der Waals surface area contributed by atoms with E-state index in [1.54, 1.807) is 6.92 Å². The number of sulfonamides is 2. The van der Waals surface area contributed by atoms with Gasteiger partial charge < -0.3 is 0 Å². The van der Waals surface area contributed by atoms with Gasteiger partial charge in [0.15, 0.2) is 4.90 Å². The molecule has 0 unspecified atom stereocenters. The molecule has 2 aromatic carbocycles. The Kier molecular flexibility index (Phi) is 6.30. The first-order valence-corrected chi connectivity index (χ1v) is 13.8. The lowest BCUT2D eigenvalue weighted by atomic mass is 9.61. The standard InChI is InChI=1S/C22H26FN3O6S2/c1-3-10-25(34(31,32)20-7-5-4-6-19(20)26(27)28)17-12-22(13-17)14-24(15-22)33(29,30)21-11-16(2)8-9-18(21)23/h4-9,11,17H,3,10,12-15H2,1-2H3. The number of hydrogen-bond acceptors (Lipinski definition) is 6. The molecule has 34 heavy (non-hydrogen) atoms. The second kappa shape index (κ2) is 8.67. The average Bonchev–Trinajstić information content (AvgIpc) is 2.72. The summed E-state index contributed by atoms with van der Waals surface area (Å²) < 4.78 is 69.2. The summed E-state index contributed by atoms with van der Waals surface area (Å²) in [5, 5.41) is 11.4. The van der Waals surface area contributed by atoms with E-state index in [1.807, 2.05) is 6.92 Å². The van der Waals surface area contributed by atoms with Crippen molar-refractivity contribution in [3.05, 3.63) is 64.0 Å². The topological polar surface area (TPSA) is 118 Å². The first-order valence-electron chi connectivity index (χ1n) is 10.9. The molecule has 12 heteroatoms. The van der Waals surface area contributed by atoms with Gasteiger partial charge in [0.05, 0.1) is 4.92 Å². The number of hydrogen-bond donors (Lipinski definition) is 0. The van der Waals surface area contributed by atoms with Gasteiger partial charge in [0.25, 0.3) is 5.69 Å². The number of aryl methyl sites for hydroxylation is 1. The minimum Gasteiger partial charge on any atom is -0.258 e. The van der Waals surface area contributed by atoms with Gasteiger partial charge in [0, 0.05) is 37.2 Å². The van der Waals surface area contributed by atoms with Crippen molar-refractivity contribution >= 4 is 25.7 Å². The maximum absolute atomic E-state index is 14.2. The summed E-state index contributed by atoms with van der Waals surface area (Å²) in [4.78, 5) is 9.97. The van der Waals surface area contributed by atoms with Crippen LogP contribution in [-0.2, 0) is 20.0 Å². The highest BCUT2D eigenvalue weighted by atomic mass is 32.2. The van der Waals surface area contributed by atoms with Gasteiger partial charge in [-0.2, -0.15) is 8.61 Å². The fourth-order valence-electron chi connectivity index (χ4n) is 4.89. The molecule has 0 N–H and O–H groups in total. The Morgan fingerprint density at radius 2 is 1.76 bits per heavy atom. The van der Waals surface area contributed by atoms with Gasteiger partial charge in [-0.25, -0.2) is 21.2 Å². The van der Waals surface area contributed by atoms with Gasteiger partial charge in [-0.3, -0.25) is 10.1 Å². The van der Waals surface area contributed by atoms with Crippen LogP contribution >= 0.6 is 0 Å². The average molecular weight is 512 g/mol. The Hall–Kier alpha value is -2.41. The van der Waals surface area contributed by atoms with Crippen molar-refractivity contribution in [1.29, 1.82) is 0 Å². The molecule has 2 fully saturated rings. The van der Waals surface area contributed by atoms with Crippen LogP contribution in [-0.4, -0.2) is 56.0 Å². The second-order valence-corrected chi connectivity index (χ2v) is 12.9. The molecule has 1 saturated heterocycles. The summed E-state index contributed by atoms with van der Waals surface area (Å²) in [7, 11) is -8.10. The van der Waals surface area contributed by atoms with Gasteiger partial charge in [0.1, 0.15) is 10.7 Å². The van der Waals surface area contributed by atoms with Crippen LogP contribution in [0.5, 0.6) is 0 Å². The molecule has 4 rings (SSSR count). The van der Waals surface area contributed by atoms with Crippen molar-refractivity contribution in [1.82, 2.24) is 8.61 Å². The van der Waals surface area contributed by atoms with Gasteiger partial charge in [-0.15, -0.1) is 0 Å². The van der Waals surface area contributed by atoms with Gasteiger partial charge in [-0.05, 0) is 49.9 Å². The summed E-state index contributed by atoms with van der Waals surface area (Å²) in [5.74, 6) is -0.803. The second-order valence-electron chi connectivity index (χ2n) is 9.11. The number of rotatable bonds is 8. The minimum atomic E-state index is -4.12. The van der Waals surface area contributed by atoms with Crippen molar-refractivity contribution < 1.29 is 26.1 Å². The third kappa shape index (κ3) is 4.12. The summed E-state index contributed by atoms with van der Waals surface area (Å²) >= 11 is 0. The van der Waals surface area contributed by atoms with Gasteiger partial charge >= 0.3 is 0 Å². The SMILES string of the molecule is CCCN(C1CC2(C1)CN(S(=O)(=O)c1cc(C)ccc1F)C2)S(=O)(=O)c1ccccc1[N+](=O)[O-]. The van der Waals surface area contributed by atoms with E-state index in [9.17, 15) is 31.3 Å². The van der Waals surface area contributed by atoms with Crippen LogP contribution in [0.15, 0.2) is 52.3 Å². The van der Waals surface area contributed by atoms with E-state index < -0.39 is 36.5 Å². The van der Waals surface area contributed by atoms with Crippen LogP contribution in [0.2, 0.25) is 0 Å². The van der Waals surface area contributed by atoms with Gasteiger partial charge in [0.2, 0.25) is 20.0 Å². The van der Waals surface area contributed by atoms with Crippen LogP contribution < -0.4 is 0 Å². The van der Waals surface area contributed by atoms with E-state index in [0.29, 0.717) is 24.8 Å². The molecule has 1 saturated carbocycles. The molecule has 0 atom stereocenters. The molecule has 1 aliphatic heterocycles. The lowest BCUT2D eigenvalue weighted by molar-refractivity contribution is -0.387.